The van der Waals surface area contributed by atoms with E-state index in [1.807, 2.05) is 0 Å². The van der Waals surface area contributed by atoms with Gasteiger partial charge >= 0.3 is 0 Å². The topological polar surface area (TPSA) is 41.5 Å². The summed E-state index contributed by atoms with van der Waals surface area (Å²) in [6.07, 6.45) is -0.521. The summed E-state index contributed by atoms with van der Waals surface area (Å²) in [5.74, 6) is 0. The van der Waals surface area contributed by atoms with Crippen molar-refractivity contribution in [1.29, 1.82) is 0 Å². The minimum atomic E-state index is -0.391. The predicted octanol–water partition coefficient (Wildman–Crippen LogP) is -0.687. The Labute approximate surface area is 48.7 Å². The molecule has 1 rings (SSSR count). The highest BCUT2D eigenvalue weighted by atomic mass is 16.5. The molecule has 3 nitrogen and oxygen atoms in total. The van der Waals surface area contributed by atoms with Gasteiger partial charge in [0.05, 0.1) is 12.7 Å². The standard InChI is InChI=1S/C5H11NO2/c1-4(7)5-6-2-3-8-5/h4-7H,2-3H2,1H3/t4-,5?/m1/s1. The zero-order valence-electron chi connectivity index (χ0n) is 4.92. The Morgan fingerprint density at radius 1 is 1.88 bits per heavy atom. The fraction of sp³-hybridized carbons (Fsp3) is 1.00. The molecule has 8 heavy (non-hydrogen) atoms. The van der Waals surface area contributed by atoms with Crippen LogP contribution in [0.3, 0.4) is 0 Å². The van der Waals surface area contributed by atoms with Gasteiger partial charge < -0.3 is 9.84 Å². The van der Waals surface area contributed by atoms with Crippen LogP contribution in [-0.2, 0) is 4.74 Å². The SMILES string of the molecule is C[C@@H](O)C1NCCO1. The summed E-state index contributed by atoms with van der Waals surface area (Å²) >= 11 is 0. The largest absolute Gasteiger partial charge is 0.389 e. The highest BCUT2D eigenvalue weighted by molar-refractivity contribution is 4.66. The number of nitrogens with one attached hydrogen (secondary N) is 1. The monoisotopic (exact) mass is 117 g/mol. The number of aliphatic hydroxyl groups excluding tert-OH is 1. The van der Waals surface area contributed by atoms with Gasteiger partial charge in [-0.25, -0.2) is 0 Å². The average Bonchev–Trinajstić information content (AvgIpc) is 2.12. The van der Waals surface area contributed by atoms with Crippen molar-refractivity contribution in [2.75, 3.05) is 13.2 Å². The first-order valence-corrected chi connectivity index (χ1v) is 2.84. The first-order chi connectivity index (χ1) is 3.80. The quantitative estimate of drug-likeness (QED) is 0.478. The summed E-state index contributed by atoms with van der Waals surface area (Å²) in [6, 6.07) is 0. The molecule has 1 aliphatic heterocycles. The third kappa shape index (κ3) is 1.18. The molecule has 0 aliphatic carbocycles. The second-order valence-electron chi connectivity index (χ2n) is 1.99. The number of ether oxygens (including phenoxy) is 1. The first-order valence-electron chi connectivity index (χ1n) is 2.84. The fourth-order valence-corrected chi connectivity index (χ4v) is 0.756. The van der Waals surface area contributed by atoms with Crippen LogP contribution in [0.2, 0.25) is 0 Å². The summed E-state index contributed by atoms with van der Waals surface area (Å²) in [4.78, 5) is 0. The van der Waals surface area contributed by atoms with E-state index in [0.717, 1.165) is 13.2 Å². The highest BCUT2D eigenvalue weighted by Crippen LogP contribution is 1.99. The first kappa shape index (κ1) is 6.01. The van der Waals surface area contributed by atoms with E-state index in [0.29, 0.717) is 0 Å². The van der Waals surface area contributed by atoms with E-state index >= 15 is 0 Å². The Balaban J connectivity index is 2.24. The maximum Gasteiger partial charge on any atom is 0.134 e. The molecule has 0 radical (unpaired) electrons. The molecule has 2 atom stereocenters. The van der Waals surface area contributed by atoms with Crippen molar-refractivity contribution in [3.05, 3.63) is 0 Å². The van der Waals surface area contributed by atoms with Crippen molar-refractivity contribution in [3.8, 4) is 0 Å². The molecule has 0 saturated carbocycles. The molecule has 0 aromatic carbocycles. The summed E-state index contributed by atoms with van der Waals surface area (Å²) in [7, 11) is 0. The van der Waals surface area contributed by atoms with Crippen LogP contribution in [0.5, 0.6) is 0 Å². The van der Waals surface area contributed by atoms with Crippen LogP contribution in [0, 0.1) is 0 Å². The van der Waals surface area contributed by atoms with Gasteiger partial charge in [-0.15, -0.1) is 0 Å². The number of rotatable bonds is 1. The van der Waals surface area contributed by atoms with Crippen molar-refractivity contribution < 1.29 is 9.84 Å². The maximum atomic E-state index is 8.86. The van der Waals surface area contributed by atoms with E-state index in [2.05, 4.69) is 5.32 Å². The Kier molecular flexibility index (Phi) is 1.83. The Morgan fingerprint density at radius 3 is 2.88 bits per heavy atom. The number of hydrogen-bond donors (Lipinski definition) is 2. The molecule has 1 fully saturated rings. The van der Waals surface area contributed by atoms with E-state index in [9.17, 15) is 0 Å². The molecule has 0 aromatic rings. The van der Waals surface area contributed by atoms with Gasteiger partial charge in [0.1, 0.15) is 6.23 Å². The van der Waals surface area contributed by atoms with Gasteiger partial charge in [-0.2, -0.15) is 0 Å². The molecule has 0 aromatic heterocycles. The average molecular weight is 117 g/mol. The summed E-state index contributed by atoms with van der Waals surface area (Å²) in [5.41, 5.74) is 0. The number of aliphatic hydroxyl groups is 1. The molecule has 2 N–H and O–H groups in total. The lowest BCUT2D eigenvalue weighted by atomic mass is 10.4. The van der Waals surface area contributed by atoms with Crippen molar-refractivity contribution in [2.24, 2.45) is 0 Å². The van der Waals surface area contributed by atoms with Crippen molar-refractivity contribution in [3.63, 3.8) is 0 Å². The highest BCUT2D eigenvalue weighted by Gasteiger charge is 2.18. The molecule has 1 aliphatic rings. The Bertz CT molecular complexity index is 68.8. The second kappa shape index (κ2) is 2.44. The van der Waals surface area contributed by atoms with E-state index in [1.54, 1.807) is 6.92 Å². The minimum Gasteiger partial charge on any atom is -0.389 e. The third-order valence-corrected chi connectivity index (χ3v) is 1.18. The number of hydrogen-bond acceptors (Lipinski definition) is 3. The summed E-state index contributed by atoms with van der Waals surface area (Å²) in [5, 5.41) is 11.8. The lowest BCUT2D eigenvalue weighted by molar-refractivity contribution is -0.00118. The lowest BCUT2D eigenvalue weighted by Gasteiger charge is -2.11. The van der Waals surface area contributed by atoms with Crippen LogP contribution >= 0.6 is 0 Å². The zero-order valence-corrected chi connectivity index (χ0v) is 4.92. The summed E-state index contributed by atoms with van der Waals surface area (Å²) in [6.45, 7) is 3.29. The van der Waals surface area contributed by atoms with Crippen LogP contribution in [0.15, 0.2) is 0 Å². The molecule has 48 valence electrons. The van der Waals surface area contributed by atoms with Crippen molar-refractivity contribution in [2.45, 2.75) is 19.3 Å². The summed E-state index contributed by atoms with van der Waals surface area (Å²) < 4.78 is 5.05. The van der Waals surface area contributed by atoms with Crippen molar-refractivity contribution in [1.82, 2.24) is 5.32 Å². The second-order valence-corrected chi connectivity index (χ2v) is 1.99. The molecule has 1 heterocycles. The van der Waals surface area contributed by atoms with E-state index in [1.165, 1.54) is 0 Å². The Morgan fingerprint density at radius 2 is 2.62 bits per heavy atom. The van der Waals surface area contributed by atoms with E-state index in [4.69, 9.17) is 9.84 Å². The van der Waals surface area contributed by atoms with Crippen LogP contribution in [0.4, 0.5) is 0 Å². The maximum absolute atomic E-state index is 8.86. The zero-order chi connectivity index (χ0) is 5.98. The molecule has 1 saturated heterocycles. The smallest absolute Gasteiger partial charge is 0.134 e. The molecule has 0 spiro atoms. The third-order valence-electron chi connectivity index (χ3n) is 1.18. The van der Waals surface area contributed by atoms with E-state index in [-0.39, 0.29) is 6.23 Å². The van der Waals surface area contributed by atoms with E-state index < -0.39 is 6.10 Å². The minimum absolute atomic E-state index is 0.130. The molecule has 0 amide bonds. The van der Waals surface area contributed by atoms with Crippen LogP contribution in [-0.4, -0.2) is 30.6 Å². The van der Waals surface area contributed by atoms with Gasteiger partial charge in [0.15, 0.2) is 0 Å². The van der Waals surface area contributed by atoms with Gasteiger partial charge in [0.2, 0.25) is 0 Å². The van der Waals surface area contributed by atoms with Crippen LogP contribution in [0.1, 0.15) is 6.92 Å². The van der Waals surface area contributed by atoms with Gasteiger partial charge in [0, 0.05) is 6.54 Å². The van der Waals surface area contributed by atoms with Crippen LogP contribution < -0.4 is 5.32 Å². The predicted molar refractivity (Wildman–Crippen MR) is 29.4 cm³/mol. The van der Waals surface area contributed by atoms with Gasteiger partial charge in [-0.1, -0.05) is 0 Å². The Hall–Kier alpha value is -0.120. The normalized spacial score (nSPS) is 33.0. The molecule has 1 unspecified atom stereocenters. The molecular formula is C5H11NO2. The van der Waals surface area contributed by atoms with Gasteiger partial charge in [-0.3, -0.25) is 5.32 Å². The van der Waals surface area contributed by atoms with Gasteiger partial charge in [0.25, 0.3) is 0 Å². The molecule has 0 bridgehead atoms. The molecular weight excluding hydrogens is 106 g/mol. The van der Waals surface area contributed by atoms with Gasteiger partial charge in [-0.05, 0) is 6.92 Å². The molecule has 3 heteroatoms. The van der Waals surface area contributed by atoms with Crippen LogP contribution in [0.25, 0.3) is 0 Å². The lowest BCUT2D eigenvalue weighted by Crippen LogP contribution is -2.33. The fourth-order valence-electron chi connectivity index (χ4n) is 0.756. The van der Waals surface area contributed by atoms with Crippen molar-refractivity contribution >= 4 is 0 Å².